The monoisotopic (exact) mass is 268 g/mol. The topological polar surface area (TPSA) is 102 Å². The molecule has 0 heterocycles. The molecule has 1 rings (SSSR count). The molecule has 0 atom stereocenters. The van der Waals surface area contributed by atoms with Crippen LogP contribution in [0.3, 0.4) is 0 Å². The number of para-hydroxylation sites is 1. The van der Waals surface area contributed by atoms with Crippen LogP contribution in [0.15, 0.2) is 18.2 Å². The molecule has 0 radical (unpaired) electrons. The zero-order valence-electron chi connectivity index (χ0n) is 11.0. The van der Waals surface area contributed by atoms with Crippen LogP contribution in [0.1, 0.15) is 24.2 Å². The van der Waals surface area contributed by atoms with Crippen LogP contribution in [-0.4, -0.2) is 35.3 Å². The number of benzene rings is 1. The van der Waals surface area contributed by atoms with Gasteiger partial charge >= 0.3 is 5.97 Å². The second-order valence-corrected chi connectivity index (χ2v) is 4.58. The molecule has 19 heavy (non-hydrogen) atoms. The summed E-state index contributed by atoms with van der Waals surface area (Å²) in [7, 11) is 1.51. The third-order valence-corrected chi connectivity index (χ3v) is 2.71. The van der Waals surface area contributed by atoms with E-state index >= 15 is 0 Å². The number of aromatic carboxylic acids is 1. The molecule has 0 saturated heterocycles. The summed E-state index contributed by atoms with van der Waals surface area (Å²) in [6, 6.07) is 3.92. The van der Waals surface area contributed by atoms with Crippen molar-refractivity contribution in [2.75, 3.05) is 19.0 Å². The average molecular weight is 268 g/mol. The van der Waals surface area contributed by atoms with Gasteiger partial charge in [-0.15, -0.1) is 0 Å². The van der Waals surface area contributed by atoms with Gasteiger partial charge in [-0.3, -0.25) is 10.1 Å². The van der Waals surface area contributed by atoms with Gasteiger partial charge in [0.15, 0.2) is 0 Å². The first-order valence-corrected chi connectivity index (χ1v) is 5.58. The van der Waals surface area contributed by atoms with Crippen molar-refractivity contribution in [2.45, 2.75) is 19.4 Å². The molecule has 2 N–H and O–H groups in total. The van der Waals surface area contributed by atoms with E-state index in [-0.39, 0.29) is 23.5 Å². The van der Waals surface area contributed by atoms with Crippen molar-refractivity contribution in [1.82, 2.24) is 0 Å². The van der Waals surface area contributed by atoms with Gasteiger partial charge in [-0.2, -0.15) is 0 Å². The summed E-state index contributed by atoms with van der Waals surface area (Å²) >= 11 is 0. The fourth-order valence-electron chi connectivity index (χ4n) is 1.43. The lowest BCUT2D eigenvalue weighted by atomic mass is 10.1. The smallest absolute Gasteiger partial charge is 0.338 e. The number of carboxylic acids is 1. The number of hydrogen-bond donors (Lipinski definition) is 2. The second-order valence-electron chi connectivity index (χ2n) is 4.58. The van der Waals surface area contributed by atoms with Gasteiger partial charge in [0.25, 0.3) is 5.69 Å². The van der Waals surface area contributed by atoms with Gasteiger partial charge in [0, 0.05) is 19.7 Å². The summed E-state index contributed by atoms with van der Waals surface area (Å²) in [5.74, 6) is -1.22. The van der Waals surface area contributed by atoms with Gasteiger partial charge in [-0.1, -0.05) is 6.07 Å². The van der Waals surface area contributed by atoms with E-state index < -0.39 is 16.5 Å². The standard InChI is InChI=1S/C12H16N2O5/c1-12(2,19-3)7-13-10-8(11(15)16)5-4-6-9(10)14(17)18/h4-6,13H,7H2,1-3H3,(H,15,16). The molecule has 7 nitrogen and oxygen atoms in total. The van der Waals surface area contributed by atoms with E-state index in [1.807, 2.05) is 0 Å². The zero-order valence-corrected chi connectivity index (χ0v) is 11.0. The van der Waals surface area contributed by atoms with Crippen molar-refractivity contribution >= 4 is 17.3 Å². The van der Waals surface area contributed by atoms with Crippen molar-refractivity contribution in [3.63, 3.8) is 0 Å². The summed E-state index contributed by atoms with van der Waals surface area (Å²) in [6.45, 7) is 3.82. The zero-order chi connectivity index (χ0) is 14.6. The third-order valence-electron chi connectivity index (χ3n) is 2.71. The Kier molecular flexibility index (Phi) is 4.44. The molecule has 0 amide bonds. The fourth-order valence-corrected chi connectivity index (χ4v) is 1.43. The van der Waals surface area contributed by atoms with Gasteiger partial charge in [-0.25, -0.2) is 4.79 Å². The van der Waals surface area contributed by atoms with E-state index in [0.29, 0.717) is 0 Å². The fraction of sp³-hybridized carbons (Fsp3) is 0.417. The third kappa shape index (κ3) is 3.65. The normalized spacial score (nSPS) is 11.1. The predicted molar refractivity (Wildman–Crippen MR) is 69.6 cm³/mol. The predicted octanol–water partition coefficient (Wildman–Crippen LogP) is 2.13. The molecule has 7 heteroatoms. The van der Waals surface area contributed by atoms with Gasteiger partial charge in [0.05, 0.1) is 16.1 Å². The minimum atomic E-state index is -1.22. The number of nitrogens with one attached hydrogen (secondary N) is 1. The maximum Gasteiger partial charge on any atom is 0.338 e. The highest BCUT2D eigenvalue weighted by Gasteiger charge is 2.24. The number of anilines is 1. The Morgan fingerprint density at radius 2 is 2.16 bits per heavy atom. The lowest BCUT2D eigenvalue weighted by Crippen LogP contribution is -2.32. The molecule has 0 bridgehead atoms. The molecule has 0 spiro atoms. The van der Waals surface area contributed by atoms with Crippen molar-refractivity contribution in [1.29, 1.82) is 0 Å². The first kappa shape index (κ1) is 14.9. The number of nitro benzene ring substituents is 1. The highest BCUT2D eigenvalue weighted by molar-refractivity contribution is 5.96. The molecule has 0 fully saturated rings. The van der Waals surface area contributed by atoms with E-state index in [1.165, 1.54) is 25.3 Å². The molecule has 104 valence electrons. The van der Waals surface area contributed by atoms with Crippen molar-refractivity contribution in [2.24, 2.45) is 0 Å². The molecule has 1 aromatic carbocycles. The van der Waals surface area contributed by atoms with Gasteiger partial charge in [-0.05, 0) is 19.9 Å². The molecule has 0 saturated carbocycles. The minimum absolute atomic E-state index is 0.00914. The lowest BCUT2D eigenvalue weighted by Gasteiger charge is -2.24. The van der Waals surface area contributed by atoms with Crippen LogP contribution in [0.5, 0.6) is 0 Å². The average Bonchev–Trinajstić information content (AvgIpc) is 2.35. The molecule has 0 aliphatic rings. The van der Waals surface area contributed by atoms with Crippen LogP contribution in [0.2, 0.25) is 0 Å². The maximum absolute atomic E-state index is 11.1. The van der Waals surface area contributed by atoms with Crippen LogP contribution in [0, 0.1) is 10.1 Å². The van der Waals surface area contributed by atoms with E-state index in [1.54, 1.807) is 13.8 Å². The second kappa shape index (κ2) is 5.66. The molecule has 0 aliphatic heterocycles. The molecule has 0 unspecified atom stereocenters. The Morgan fingerprint density at radius 1 is 1.53 bits per heavy atom. The Hall–Kier alpha value is -2.15. The first-order valence-electron chi connectivity index (χ1n) is 5.58. The SMILES string of the molecule is COC(C)(C)CNc1c(C(=O)O)cccc1[N+](=O)[O-]. The maximum atomic E-state index is 11.1. The summed E-state index contributed by atoms with van der Waals surface area (Å²) < 4.78 is 5.18. The van der Waals surface area contributed by atoms with Crippen LogP contribution in [0.4, 0.5) is 11.4 Å². The number of carbonyl (C=O) groups is 1. The Bertz CT molecular complexity index is 467. The largest absolute Gasteiger partial charge is 0.478 e. The van der Waals surface area contributed by atoms with Crippen molar-refractivity contribution < 1.29 is 19.6 Å². The Labute approximate surface area is 110 Å². The number of nitrogens with zero attached hydrogens (tertiary/aromatic N) is 1. The van der Waals surface area contributed by atoms with E-state index in [9.17, 15) is 14.9 Å². The molecular formula is C12H16N2O5. The summed E-state index contributed by atoms with van der Waals surface area (Å²) in [6.07, 6.45) is 0. The van der Waals surface area contributed by atoms with Gasteiger partial charge in [0.2, 0.25) is 0 Å². The number of ether oxygens (including phenoxy) is 1. The van der Waals surface area contributed by atoms with Gasteiger partial charge in [0.1, 0.15) is 5.69 Å². The van der Waals surface area contributed by atoms with Crippen LogP contribution < -0.4 is 5.32 Å². The Balaban J connectivity index is 3.15. The number of nitro groups is 1. The quantitative estimate of drug-likeness (QED) is 0.605. The Morgan fingerprint density at radius 3 is 2.63 bits per heavy atom. The van der Waals surface area contributed by atoms with E-state index in [0.717, 1.165) is 0 Å². The summed E-state index contributed by atoms with van der Waals surface area (Å²) in [4.78, 5) is 21.4. The van der Waals surface area contributed by atoms with E-state index in [4.69, 9.17) is 9.84 Å². The van der Waals surface area contributed by atoms with Crippen molar-refractivity contribution in [3.8, 4) is 0 Å². The lowest BCUT2D eigenvalue weighted by molar-refractivity contribution is -0.384. The highest BCUT2D eigenvalue weighted by Crippen LogP contribution is 2.29. The van der Waals surface area contributed by atoms with E-state index in [2.05, 4.69) is 5.32 Å². The van der Waals surface area contributed by atoms with Gasteiger partial charge < -0.3 is 15.2 Å². The summed E-state index contributed by atoms with van der Waals surface area (Å²) in [5, 5.41) is 22.8. The first-order chi connectivity index (χ1) is 8.78. The molecule has 0 aliphatic carbocycles. The highest BCUT2D eigenvalue weighted by atomic mass is 16.6. The summed E-state index contributed by atoms with van der Waals surface area (Å²) in [5.41, 5.74) is -0.988. The number of carboxylic acid groups (broad SMARTS) is 1. The van der Waals surface area contributed by atoms with Crippen LogP contribution in [-0.2, 0) is 4.74 Å². The van der Waals surface area contributed by atoms with Crippen LogP contribution in [0.25, 0.3) is 0 Å². The minimum Gasteiger partial charge on any atom is -0.478 e. The molecular weight excluding hydrogens is 252 g/mol. The van der Waals surface area contributed by atoms with Crippen LogP contribution >= 0.6 is 0 Å². The number of rotatable bonds is 6. The molecule has 0 aromatic heterocycles. The van der Waals surface area contributed by atoms with Crippen molar-refractivity contribution in [3.05, 3.63) is 33.9 Å². The number of methoxy groups -OCH3 is 1. The molecule has 1 aromatic rings. The number of hydrogen-bond acceptors (Lipinski definition) is 5.